The van der Waals surface area contributed by atoms with Gasteiger partial charge in [-0.05, 0) is 17.7 Å². The molecule has 1 aromatic heterocycles. The number of nitrogen functional groups attached to an aromatic ring is 1. The fourth-order valence-corrected chi connectivity index (χ4v) is 2.01. The van der Waals surface area contributed by atoms with Crippen molar-refractivity contribution in [2.75, 3.05) is 11.1 Å². The van der Waals surface area contributed by atoms with Crippen LogP contribution in [-0.2, 0) is 6.54 Å². The molecule has 0 saturated heterocycles. The van der Waals surface area contributed by atoms with Gasteiger partial charge in [-0.2, -0.15) is 4.98 Å². The van der Waals surface area contributed by atoms with Crippen molar-refractivity contribution < 1.29 is 0 Å². The largest absolute Gasteiger partial charge is 0.368 e. The first-order valence-corrected chi connectivity index (χ1v) is 6.13. The lowest BCUT2D eigenvalue weighted by molar-refractivity contribution is 1.11. The highest BCUT2D eigenvalue weighted by Gasteiger charge is 2.04. The fraction of sp³-hybridized carbons (Fsp3) is 0.0667. The lowest BCUT2D eigenvalue weighted by atomic mass is 10.2. The number of hydrogen-bond donors (Lipinski definition) is 2. The lowest BCUT2D eigenvalue weighted by Gasteiger charge is -2.09. The second kappa shape index (κ2) is 4.94. The predicted molar refractivity (Wildman–Crippen MR) is 77.7 cm³/mol. The number of benzene rings is 2. The third-order valence-corrected chi connectivity index (χ3v) is 2.92. The first-order chi connectivity index (χ1) is 9.33. The van der Waals surface area contributed by atoms with E-state index in [4.69, 9.17) is 5.73 Å². The zero-order valence-electron chi connectivity index (χ0n) is 10.4. The number of nitrogens with zero attached hydrogens (tertiary/aromatic N) is 2. The number of rotatable bonds is 3. The van der Waals surface area contributed by atoms with Crippen molar-refractivity contribution in [3.8, 4) is 0 Å². The van der Waals surface area contributed by atoms with Crippen molar-refractivity contribution in [3.05, 3.63) is 60.2 Å². The summed E-state index contributed by atoms with van der Waals surface area (Å²) in [6.45, 7) is 0.710. The number of anilines is 2. The number of nitrogens with one attached hydrogen (secondary N) is 1. The molecule has 3 N–H and O–H groups in total. The third kappa shape index (κ3) is 2.47. The molecule has 0 unspecified atom stereocenters. The normalized spacial score (nSPS) is 10.5. The van der Waals surface area contributed by atoms with Crippen LogP contribution in [0.25, 0.3) is 10.9 Å². The van der Waals surface area contributed by atoms with Crippen LogP contribution in [0.3, 0.4) is 0 Å². The highest BCUT2D eigenvalue weighted by atomic mass is 15.1. The number of aromatic nitrogens is 2. The molecule has 0 saturated carbocycles. The van der Waals surface area contributed by atoms with Crippen LogP contribution in [0.4, 0.5) is 11.8 Å². The zero-order valence-corrected chi connectivity index (χ0v) is 10.4. The molecule has 0 spiro atoms. The van der Waals surface area contributed by atoms with E-state index in [0.29, 0.717) is 6.54 Å². The Balaban J connectivity index is 1.92. The average molecular weight is 250 g/mol. The monoisotopic (exact) mass is 250 g/mol. The Hall–Kier alpha value is -2.62. The van der Waals surface area contributed by atoms with E-state index in [1.165, 1.54) is 5.56 Å². The molecule has 0 atom stereocenters. The van der Waals surface area contributed by atoms with E-state index < -0.39 is 0 Å². The van der Waals surface area contributed by atoms with E-state index in [1.807, 2.05) is 42.5 Å². The summed E-state index contributed by atoms with van der Waals surface area (Å²) in [5.41, 5.74) is 7.78. The van der Waals surface area contributed by atoms with Gasteiger partial charge in [0.25, 0.3) is 0 Å². The van der Waals surface area contributed by atoms with E-state index in [2.05, 4.69) is 27.4 Å². The Morgan fingerprint density at radius 3 is 2.47 bits per heavy atom. The standard InChI is InChI=1S/C15H14N4/c16-15-18-13-9-5-4-8-12(13)14(19-15)17-10-11-6-2-1-3-7-11/h1-9H,10H2,(H3,16,17,18,19). The van der Waals surface area contributed by atoms with Crippen molar-refractivity contribution in [1.82, 2.24) is 9.97 Å². The van der Waals surface area contributed by atoms with Gasteiger partial charge in [-0.15, -0.1) is 0 Å². The van der Waals surface area contributed by atoms with Gasteiger partial charge in [0.05, 0.1) is 5.52 Å². The minimum Gasteiger partial charge on any atom is -0.368 e. The lowest BCUT2D eigenvalue weighted by Crippen LogP contribution is -2.05. The van der Waals surface area contributed by atoms with Crippen molar-refractivity contribution in [3.63, 3.8) is 0 Å². The maximum Gasteiger partial charge on any atom is 0.222 e. The number of fused-ring (bicyclic) bond motifs is 1. The molecule has 0 radical (unpaired) electrons. The summed E-state index contributed by atoms with van der Waals surface area (Å²) in [7, 11) is 0. The van der Waals surface area contributed by atoms with Gasteiger partial charge in [0.1, 0.15) is 5.82 Å². The summed E-state index contributed by atoms with van der Waals surface area (Å²) in [4.78, 5) is 8.49. The van der Waals surface area contributed by atoms with Crippen LogP contribution in [0.1, 0.15) is 5.56 Å². The van der Waals surface area contributed by atoms with E-state index in [1.54, 1.807) is 0 Å². The summed E-state index contributed by atoms with van der Waals surface area (Å²) in [5.74, 6) is 1.06. The summed E-state index contributed by atoms with van der Waals surface area (Å²) in [6, 6.07) is 18.0. The second-order valence-electron chi connectivity index (χ2n) is 4.29. The molecule has 3 aromatic rings. The Morgan fingerprint density at radius 1 is 0.895 bits per heavy atom. The second-order valence-corrected chi connectivity index (χ2v) is 4.29. The van der Waals surface area contributed by atoms with Crippen LogP contribution >= 0.6 is 0 Å². The minimum absolute atomic E-state index is 0.286. The quantitative estimate of drug-likeness (QED) is 0.750. The predicted octanol–water partition coefficient (Wildman–Crippen LogP) is 2.82. The van der Waals surface area contributed by atoms with Gasteiger partial charge >= 0.3 is 0 Å². The molecule has 1 heterocycles. The average Bonchev–Trinajstić information content (AvgIpc) is 2.45. The molecule has 4 heteroatoms. The Morgan fingerprint density at radius 2 is 1.63 bits per heavy atom. The van der Waals surface area contributed by atoms with Crippen LogP contribution in [0.2, 0.25) is 0 Å². The van der Waals surface area contributed by atoms with Gasteiger partial charge in [0.15, 0.2) is 0 Å². The summed E-state index contributed by atoms with van der Waals surface area (Å²) in [5, 5.41) is 4.29. The molecule has 94 valence electrons. The summed E-state index contributed by atoms with van der Waals surface area (Å²) in [6.07, 6.45) is 0. The highest BCUT2D eigenvalue weighted by molar-refractivity contribution is 5.89. The molecule has 0 aliphatic heterocycles. The first kappa shape index (κ1) is 11.5. The van der Waals surface area contributed by atoms with Crippen LogP contribution < -0.4 is 11.1 Å². The van der Waals surface area contributed by atoms with Gasteiger partial charge in [-0.1, -0.05) is 42.5 Å². The van der Waals surface area contributed by atoms with E-state index in [9.17, 15) is 0 Å². The van der Waals surface area contributed by atoms with Crippen LogP contribution in [0.15, 0.2) is 54.6 Å². The van der Waals surface area contributed by atoms with Crippen molar-refractivity contribution >= 4 is 22.7 Å². The number of para-hydroxylation sites is 1. The molecule has 0 fully saturated rings. The van der Waals surface area contributed by atoms with Gasteiger partial charge in [0, 0.05) is 11.9 Å². The number of hydrogen-bond acceptors (Lipinski definition) is 4. The molecule has 19 heavy (non-hydrogen) atoms. The molecule has 4 nitrogen and oxygen atoms in total. The zero-order chi connectivity index (χ0) is 13.1. The van der Waals surface area contributed by atoms with Crippen LogP contribution in [0, 0.1) is 0 Å². The third-order valence-electron chi connectivity index (χ3n) is 2.92. The smallest absolute Gasteiger partial charge is 0.222 e. The van der Waals surface area contributed by atoms with Crippen LogP contribution in [-0.4, -0.2) is 9.97 Å². The van der Waals surface area contributed by atoms with Gasteiger partial charge < -0.3 is 11.1 Å². The summed E-state index contributed by atoms with van der Waals surface area (Å²) >= 11 is 0. The molecule has 3 rings (SSSR count). The topological polar surface area (TPSA) is 63.8 Å². The molecule has 0 aliphatic carbocycles. The van der Waals surface area contributed by atoms with Crippen molar-refractivity contribution in [2.24, 2.45) is 0 Å². The highest BCUT2D eigenvalue weighted by Crippen LogP contribution is 2.21. The van der Waals surface area contributed by atoms with E-state index in [0.717, 1.165) is 16.7 Å². The van der Waals surface area contributed by atoms with Crippen LogP contribution in [0.5, 0.6) is 0 Å². The van der Waals surface area contributed by atoms with E-state index >= 15 is 0 Å². The molecular formula is C15H14N4. The first-order valence-electron chi connectivity index (χ1n) is 6.13. The SMILES string of the molecule is Nc1nc(NCc2ccccc2)c2ccccc2n1. The fourth-order valence-electron chi connectivity index (χ4n) is 2.01. The van der Waals surface area contributed by atoms with Crippen molar-refractivity contribution in [2.45, 2.75) is 6.54 Å². The number of nitrogens with two attached hydrogens (primary N) is 1. The van der Waals surface area contributed by atoms with Gasteiger partial charge in [-0.25, -0.2) is 4.98 Å². The Labute approximate surface area is 111 Å². The minimum atomic E-state index is 0.286. The summed E-state index contributed by atoms with van der Waals surface area (Å²) < 4.78 is 0. The van der Waals surface area contributed by atoms with Crippen molar-refractivity contribution in [1.29, 1.82) is 0 Å². The van der Waals surface area contributed by atoms with E-state index in [-0.39, 0.29) is 5.95 Å². The van der Waals surface area contributed by atoms with Gasteiger partial charge in [0.2, 0.25) is 5.95 Å². The Bertz CT molecular complexity index is 695. The maximum atomic E-state index is 5.73. The molecule has 0 bridgehead atoms. The maximum absolute atomic E-state index is 5.73. The molecule has 0 aliphatic rings. The Kier molecular flexibility index (Phi) is 2.98. The molecule has 2 aromatic carbocycles. The molecular weight excluding hydrogens is 236 g/mol. The molecule has 0 amide bonds. The van der Waals surface area contributed by atoms with Gasteiger partial charge in [-0.3, -0.25) is 0 Å².